The molecule has 72 valence electrons. The molecule has 2 rings (SSSR count). The molecule has 0 aliphatic heterocycles. The summed E-state index contributed by atoms with van der Waals surface area (Å²) in [5, 5.41) is 3.20. The fraction of sp³-hybridized carbons (Fsp3) is 0.231. The quantitative estimate of drug-likeness (QED) is 0.610. The molecule has 2 aliphatic rings. The topological polar surface area (TPSA) is 0 Å². The summed E-state index contributed by atoms with van der Waals surface area (Å²) in [6, 6.07) is 0. The lowest BCUT2D eigenvalue weighted by atomic mass is 10.5. The molecular weight excluding hydrogens is 184 g/mol. The van der Waals surface area contributed by atoms with E-state index in [2.05, 4.69) is 55.3 Å². The highest BCUT2D eigenvalue weighted by Gasteiger charge is 2.32. The number of allylic oxidation sites excluding steroid dienone is 8. The van der Waals surface area contributed by atoms with Gasteiger partial charge in [-0.15, -0.1) is 6.58 Å². The number of hydrogen-bond acceptors (Lipinski definition) is 0. The second-order valence-electron chi connectivity index (χ2n) is 4.05. The molecule has 14 heavy (non-hydrogen) atoms. The highest BCUT2D eigenvalue weighted by Crippen LogP contribution is 2.33. The Hall–Kier alpha value is -1.08. The number of hydrogen-bond donors (Lipinski definition) is 0. The van der Waals surface area contributed by atoms with Crippen LogP contribution in [0.15, 0.2) is 59.1 Å². The van der Waals surface area contributed by atoms with E-state index in [0.29, 0.717) is 0 Å². The maximum Gasteiger partial charge on any atom is 0.129 e. The van der Waals surface area contributed by atoms with E-state index in [1.165, 1.54) is 0 Å². The molecule has 0 bridgehead atoms. The summed E-state index contributed by atoms with van der Waals surface area (Å²) in [5.74, 6) is 0. The van der Waals surface area contributed by atoms with E-state index in [1.54, 1.807) is 10.4 Å². The Labute approximate surface area is 87.0 Å². The van der Waals surface area contributed by atoms with Crippen molar-refractivity contribution in [3.05, 3.63) is 59.1 Å². The zero-order chi connectivity index (χ0) is 10.0. The Kier molecular flexibility index (Phi) is 2.42. The average molecular weight is 200 g/mol. The summed E-state index contributed by atoms with van der Waals surface area (Å²) in [6.07, 6.45) is 15.7. The van der Waals surface area contributed by atoms with Crippen molar-refractivity contribution in [2.45, 2.75) is 19.4 Å². The molecule has 0 aromatic heterocycles. The maximum absolute atomic E-state index is 4.05. The molecule has 0 spiro atoms. The molecule has 0 saturated carbocycles. The first-order valence-corrected chi connectivity index (χ1v) is 7.71. The van der Waals surface area contributed by atoms with Crippen LogP contribution in [0.2, 0.25) is 6.55 Å². The summed E-state index contributed by atoms with van der Waals surface area (Å²) in [6.45, 7) is 6.45. The molecule has 0 atom stereocenters. The minimum absolute atomic E-state index is 1.13. The van der Waals surface area contributed by atoms with Crippen molar-refractivity contribution >= 4 is 8.07 Å². The van der Waals surface area contributed by atoms with Gasteiger partial charge >= 0.3 is 0 Å². The third-order valence-electron chi connectivity index (χ3n) is 3.28. The molecule has 0 amide bonds. The molecule has 2 aliphatic carbocycles. The molecule has 0 aromatic rings. The lowest BCUT2D eigenvalue weighted by Crippen LogP contribution is -2.33. The van der Waals surface area contributed by atoms with Gasteiger partial charge in [-0.3, -0.25) is 0 Å². The highest BCUT2D eigenvalue weighted by atomic mass is 28.3. The van der Waals surface area contributed by atoms with Crippen molar-refractivity contribution in [2.75, 3.05) is 0 Å². The van der Waals surface area contributed by atoms with Gasteiger partial charge in [-0.25, -0.2) is 0 Å². The third-order valence-corrected chi connectivity index (χ3v) is 7.51. The normalized spacial score (nSPS) is 19.8. The van der Waals surface area contributed by atoms with Crippen LogP contribution < -0.4 is 0 Å². The molecule has 0 nitrogen and oxygen atoms in total. The molecule has 0 saturated heterocycles. The van der Waals surface area contributed by atoms with E-state index in [0.717, 1.165) is 12.8 Å². The maximum atomic E-state index is 4.05. The van der Waals surface area contributed by atoms with E-state index in [-0.39, 0.29) is 0 Å². The molecule has 0 unspecified atom stereocenters. The van der Waals surface area contributed by atoms with Gasteiger partial charge in [0.05, 0.1) is 0 Å². The fourth-order valence-corrected chi connectivity index (χ4v) is 5.04. The van der Waals surface area contributed by atoms with Crippen molar-refractivity contribution < 1.29 is 0 Å². The zero-order valence-corrected chi connectivity index (χ0v) is 9.66. The largest absolute Gasteiger partial charge is 0.129 e. The first-order valence-electron chi connectivity index (χ1n) is 5.13. The van der Waals surface area contributed by atoms with E-state index in [4.69, 9.17) is 0 Å². The lowest BCUT2D eigenvalue weighted by Gasteiger charge is -2.27. The van der Waals surface area contributed by atoms with E-state index >= 15 is 0 Å². The Morgan fingerprint density at radius 3 is 1.93 bits per heavy atom. The molecule has 1 heteroatoms. The van der Waals surface area contributed by atoms with E-state index < -0.39 is 8.07 Å². The molecule has 0 radical (unpaired) electrons. The second kappa shape index (κ2) is 3.58. The first-order chi connectivity index (χ1) is 6.77. The molecule has 0 aromatic carbocycles. The Morgan fingerprint density at radius 1 is 1.14 bits per heavy atom. The summed E-state index contributed by atoms with van der Waals surface area (Å²) in [5.41, 5.74) is 2.21. The smallest absolute Gasteiger partial charge is 0.106 e. The van der Waals surface area contributed by atoms with Gasteiger partial charge in [0.1, 0.15) is 8.07 Å². The zero-order valence-electron chi connectivity index (χ0n) is 8.66. The van der Waals surface area contributed by atoms with Gasteiger partial charge < -0.3 is 0 Å². The van der Waals surface area contributed by atoms with Gasteiger partial charge in [-0.2, -0.15) is 0 Å². The summed E-state index contributed by atoms with van der Waals surface area (Å²) < 4.78 is 0. The Balaban J connectivity index is 2.30. The standard InChI is InChI=1S/C13H16Si/c1-3-14(2,12-8-4-5-9-12)13-10-6-7-11-13/h3-8,10H,1,9,11H2,2H3. The van der Waals surface area contributed by atoms with Gasteiger partial charge in [-0.05, 0) is 12.8 Å². The molecule has 0 heterocycles. The van der Waals surface area contributed by atoms with Gasteiger partial charge in [0, 0.05) is 0 Å². The lowest BCUT2D eigenvalue weighted by molar-refractivity contribution is 1.31. The van der Waals surface area contributed by atoms with Crippen LogP contribution in [0.4, 0.5) is 0 Å². The summed E-state index contributed by atoms with van der Waals surface area (Å²) >= 11 is 0. The van der Waals surface area contributed by atoms with Gasteiger partial charge in [0.25, 0.3) is 0 Å². The van der Waals surface area contributed by atoms with Gasteiger partial charge in [0.15, 0.2) is 0 Å². The summed E-state index contributed by atoms with van der Waals surface area (Å²) in [7, 11) is -1.50. The SMILES string of the molecule is C=C[Si](C)(C1=CC=CC1)C1=CC=CC1. The van der Waals surface area contributed by atoms with Crippen LogP contribution in [-0.4, -0.2) is 8.07 Å². The average Bonchev–Trinajstić information content (AvgIpc) is 2.88. The van der Waals surface area contributed by atoms with Crippen LogP contribution >= 0.6 is 0 Å². The Morgan fingerprint density at radius 2 is 1.64 bits per heavy atom. The fourth-order valence-electron chi connectivity index (χ4n) is 2.13. The van der Waals surface area contributed by atoms with Gasteiger partial charge in [-0.1, -0.05) is 59.1 Å². The highest BCUT2D eigenvalue weighted by molar-refractivity contribution is 6.95. The monoisotopic (exact) mass is 200 g/mol. The van der Waals surface area contributed by atoms with Crippen molar-refractivity contribution in [2.24, 2.45) is 0 Å². The minimum atomic E-state index is -1.50. The van der Waals surface area contributed by atoms with Crippen molar-refractivity contribution in [3.8, 4) is 0 Å². The number of rotatable bonds is 3. The molecule has 0 fully saturated rings. The predicted octanol–water partition coefficient (Wildman–Crippen LogP) is 3.64. The van der Waals surface area contributed by atoms with Crippen LogP contribution in [0, 0.1) is 0 Å². The summed E-state index contributed by atoms with van der Waals surface area (Å²) in [4.78, 5) is 0. The van der Waals surface area contributed by atoms with E-state index in [9.17, 15) is 0 Å². The molecular formula is C13H16Si. The first kappa shape index (κ1) is 9.47. The van der Waals surface area contributed by atoms with Crippen LogP contribution in [-0.2, 0) is 0 Å². The van der Waals surface area contributed by atoms with Crippen LogP contribution in [0.25, 0.3) is 0 Å². The van der Waals surface area contributed by atoms with Crippen LogP contribution in [0.3, 0.4) is 0 Å². The van der Waals surface area contributed by atoms with Crippen molar-refractivity contribution in [1.82, 2.24) is 0 Å². The predicted molar refractivity (Wildman–Crippen MR) is 65.5 cm³/mol. The third kappa shape index (κ3) is 1.38. The minimum Gasteiger partial charge on any atom is -0.106 e. The van der Waals surface area contributed by atoms with Crippen LogP contribution in [0.1, 0.15) is 12.8 Å². The molecule has 0 N–H and O–H groups in total. The van der Waals surface area contributed by atoms with Crippen molar-refractivity contribution in [1.29, 1.82) is 0 Å². The Bertz CT molecular complexity index is 337. The van der Waals surface area contributed by atoms with E-state index in [1.807, 2.05) is 0 Å². The van der Waals surface area contributed by atoms with Gasteiger partial charge in [0.2, 0.25) is 0 Å². The van der Waals surface area contributed by atoms with Crippen LogP contribution in [0.5, 0.6) is 0 Å². The second-order valence-corrected chi connectivity index (χ2v) is 8.15. The van der Waals surface area contributed by atoms with Crippen molar-refractivity contribution in [3.63, 3.8) is 0 Å².